The van der Waals surface area contributed by atoms with E-state index in [0.717, 1.165) is 9.26 Å². The van der Waals surface area contributed by atoms with Gasteiger partial charge in [0.2, 0.25) is 0 Å². The van der Waals surface area contributed by atoms with Crippen LogP contribution in [0.5, 0.6) is 5.75 Å². The number of benzene rings is 2. The van der Waals surface area contributed by atoms with Gasteiger partial charge in [-0.3, -0.25) is 4.79 Å². The quantitative estimate of drug-likeness (QED) is 0.646. The number of hydrogen-bond acceptors (Lipinski definition) is 3. The minimum atomic E-state index is -0.244. The Labute approximate surface area is 125 Å². The maximum Gasteiger partial charge on any atom is 0.259 e. The van der Waals surface area contributed by atoms with E-state index in [1.165, 1.54) is 7.11 Å². The Bertz CT molecular complexity index is 614. The van der Waals surface area contributed by atoms with Crippen LogP contribution in [0.4, 0.5) is 11.4 Å². The van der Waals surface area contributed by atoms with Crippen LogP contribution in [-0.4, -0.2) is 13.0 Å². The number of ether oxygens (including phenoxy) is 1. The van der Waals surface area contributed by atoms with Gasteiger partial charge in [-0.05, 0) is 52.9 Å². The number of methoxy groups -OCH3 is 1. The molecule has 0 bridgehead atoms. The number of rotatable bonds is 3. The molecule has 1 amide bonds. The zero-order chi connectivity index (χ0) is 13.8. The highest BCUT2D eigenvalue weighted by Gasteiger charge is 2.14. The summed E-state index contributed by atoms with van der Waals surface area (Å²) in [5.74, 6) is 0.150. The van der Waals surface area contributed by atoms with E-state index in [4.69, 9.17) is 10.5 Å². The average molecular weight is 368 g/mol. The molecule has 0 saturated heterocycles. The number of amides is 1. The van der Waals surface area contributed by atoms with Gasteiger partial charge in [-0.1, -0.05) is 12.1 Å². The molecule has 0 fully saturated rings. The summed E-state index contributed by atoms with van der Waals surface area (Å²) in [6.07, 6.45) is 0. The molecule has 0 aliphatic heterocycles. The summed E-state index contributed by atoms with van der Waals surface area (Å²) in [7, 11) is 1.49. The van der Waals surface area contributed by atoms with Gasteiger partial charge in [0.1, 0.15) is 0 Å². The molecule has 0 aliphatic carbocycles. The van der Waals surface area contributed by atoms with E-state index < -0.39 is 0 Å². The predicted molar refractivity (Wildman–Crippen MR) is 84.5 cm³/mol. The first-order valence-corrected chi connectivity index (χ1v) is 6.69. The number of para-hydroxylation sites is 1. The maximum atomic E-state index is 12.2. The lowest BCUT2D eigenvalue weighted by molar-refractivity contribution is 0.102. The minimum absolute atomic E-state index is 0.244. The highest BCUT2D eigenvalue weighted by molar-refractivity contribution is 14.1. The molecule has 19 heavy (non-hydrogen) atoms. The van der Waals surface area contributed by atoms with Crippen LogP contribution >= 0.6 is 22.6 Å². The summed E-state index contributed by atoms with van der Waals surface area (Å²) in [5.41, 5.74) is 7.38. The number of nitrogens with one attached hydrogen (secondary N) is 1. The van der Waals surface area contributed by atoms with Crippen LogP contribution in [0.15, 0.2) is 42.5 Å². The third kappa shape index (κ3) is 3.17. The Morgan fingerprint density at radius 1 is 1.26 bits per heavy atom. The van der Waals surface area contributed by atoms with E-state index in [1.54, 1.807) is 18.2 Å². The number of anilines is 2. The standard InChI is InChI=1S/C14H13IN2O2/c1-19-13-11(6-3-7-12(13)16)14(18)17-10-5-2-4-9(15)8-10/h2-8H,16H2,1H3,(H,17,18). The van der Waals surface area contributed by atoms with Crippen molar-refractivity contribution in [1.29, 1.82) is 0 Å². The van der Waals surface area contributed by atoms with E-state index in [2.05, 4.69) is 27.9 Å². The Hall–Kier alpha value is -1.76. The summed E-state index contributed by atoms with van der Waals surface area (Å²) in [6, 6.07) is 12.7. The van der Waals surface area contributed by atoms with Crippen molar-refractivity contribution in [3.8, 4) is 5.75 Å². The molecule has 0 spiro atoms. The van der Waals surface area contributed by atoms with E-state index >= 15 is 0 Å². The molecule has 0 radical (unpaired) electrons. The smallest absolute Gasteiger partial charge is 0.259 e. The highest BCUT2D eigenvalue weighted by Crippen LogP contribution is 2.26. The molecule has 5 heteroatoms. The molecule has 3 N–H and O–H groups in total. The molecule has 0 heterocycles. The number of nitrogen functional groups attached to an aromatic ring is 1. The van der Waals surface area contributed by atoms with E-state index in [1.807, 2.05) is 24.3 Å². The van der Waals surface area contributed by atoms with E-state index in [0.29, 0.717) is 17.0 Å². The van der Waals surface area contributed by atoms with Gasteiger partial charge < -0.3 is 15.8 Å². The molecule has 0 unspecified atom stereocenters. The highest BCUT2D eigenvalue weighted by atomic mass is 127. The zero-order valence-corrected chi connectivity index (χ0v) is 12.5. The monoisotopic (exact) mass is 368 g/mol. The SMILES string of the molecule is COc1c(N)cccc1C(=O)Nc1cccc(I)c1. The summed E-state index contributed by atoms with van der Waals surface area (Å²) >= 11 is 2.19. The molecule has 2 aromatic carbocycles. The molecule has 2 rings (SSSR count). The number of hydrogen-bond donors (Lipinski definition) is 2. The van der Waals surface area contributed by atoms with Crippen LogP contribution in [0.25, 0.3) is 0 Å². The lowest BCUT2D eigenvalue weighted by Crippen LogP contribution is -2.14. The molecule has 0 saturated carbocycles. The maximum absolute atomic E-state index is 12.2. The first kappa shape index (κ1) is 13.7. The van der Waals surface area contributed by atoms with Crippen molar-refractivity contribution in [3.63, 3.8) is 0 Å². The molecule has 98 valence electrons. The van der Waals surface area contributed by atoms with Gasteiger partial charge >= 0.3 is 0 Å². The van der Waals surface area contributed by atoms with Gasteiger partial charge in [0.15, 0.2) is 5.75 Å². The summed E-state index contributed by atoms with van der Waals surface area (Å²) in [5, 5.41) is 2.82. The third-order valence-corrected chi connectivity index (χ3v) is 3.25. The molecule has 0 atom stereocenters. The Balaban J connectivity index is 2.28. The van der Waals surface area contributed by atoms with Crippen LogP contribution in [0.2, 0.25) is 0 Å². The summed E-state index contributed by atoms with van der Waals surface area (Å²) < 4.78 is 6.22. The van der Waals surface area contributed by atoms with Crippen molar-refractivity contribution in [1.82, 2.24) is 0 Å². The molecule has 0 aliphatic rings. The van der Waals surface area contributed by atoms with Gasteiger partial charge in [-0.15, -0.1) is 0 Å². The van der Waals surface area contributed by atoms with Crippen molar-refractivity contribution in [2.24, 2.45) is 0 Å². The third-order valence-electron chi connectivity index (χ3n) is 2.58. The molecule has 0 aromatic heterocycles. The van der Waals surface area contributed by atoms with Crippen molar-refractivity contribution >= 4 is 39.9 Å². The fourth-order valence-electron chi connectivity index (χ4n) is 1.73. The number of halogens is 1. The second-order valence-electron chi connectivity index (χ2n) is 3.89. The molecular weight excluding hydrogens is 355 g/mol. The lowest BCUT2D eigenvalue weighted by Gasteiger charge is -2.11. The Morgan fingerprint density at radius 2 is 2.00 bits per heavy atom. The lowest BCUT2D eigenvalue weighted by atomic mass is 10.1. The minimum Gasteiger partial charge on any atom is -0.494 e. The van der Waals surface area contributed by atoms with E-state index in [-0.39, 0.29) is 5.91 Å². The second kappa shape index (κ2) is 5.92. The van der Waals surface area contributed by atoms with Crippen LogP contribution in [0, 0.1) is 3.57 Å². The molecule has 2 aromatic rings. The largest absolute Gasteiger partial charge is 0.494 e. The molecule has 4 nitrogen and oxygen atoms in total. The zero-order valence-electron chi connectivity index (χ0n) is 10.3. The second-order valence-corrected chi connectivity index (χ2v) is 5.14. The predicted octanol–water partition coefficient (Wildman–Crippen LogP) is 3.13. The van der Waals surface area contributed by atoms with Gasteiger partial charge in [0.05, 0.1) is 18.4 Å². The Kier molecular flexibility index (Phi) is 4.26. The van der Waals surface area contributed by atoms with Gasteiger partial charge in [0.25, 0.3) is 5.91 Å². The number of nitrogens with two attached hydrogens (primary N) is 1. The van der Waals surface area contributed by atoms with Crippen molar-refractivity contribution in [3.05, 3.63) is 51.6 Å². The van der Waals surface area contributed by atoms with Crippen LogP contribution in [0.1, 0.15) is 10.4 Å². The average Bonchev–Trinajstić information content (AvgIpc) is 2.38. The topological polar surface area (TPSA) is 64.3 Å². The first-order chi connectivity index (χ1) is 9.11. The summed E-state index contributed by atoms with van der Waals surface area (Å²) in [6.45, 7) is 0. The first-order valence-electron chi connectivity index (χ1n) is 5.61. The van der Waals surface area contributed by atoms with Crippen molar-refractivity contribution in [2.75, 3.05) is 18.2 Å². The number of carbonyl (C=O) groups excluding carboxylic acids is 1. The van der Waals surface area contributed by atoms with Crippen LogP contribution in [0.3, 0.4) is 0 Å². The van der Waals surface area contributed by atoms with Gasteiger partial charge in [-0.2, -0.15) is 0 Å². The fourth-order valence-corrected chi connectivity index (χ4v) is 2.27. The fraction of sp³-hybridized carbons (Fsp3) is 0.0714. The number of carbonyl (C=O) groups is 1. The van der Waals surface area contributed by atoms with Crippen molar-refractivity contribution in [2.45, 2.75) is 0 Å². The van der Waals surface area contributed by atoms with E-state index in [9.17, 15) is 4.79 Å². The normalized spacial score (nSPS) is 10.0. The van der Waals surface area contributed by atoms with Crippen LogP contribution < -0.4 is 15.8 Å². The van der Waals surface area contributed by atoms with Gasteiger partial charge in [-0.25, -0.2) is 0 Å². The molecular formula is C14H13IN2O2. The van der Waals surface area contributed by atoms with Gasteiger partial charge in [0, 0.05) is 9.26 Å². The summed E-state index contributed by atoms with van der Waals surface area (Å²) in [4.78, 5) is 12.2. The van der Waals surface area contributed by atoms with Crippen molar-refractivity contribution < 1.29 is 9.53 Å². The Morgan fingerprint density at radius 3 is 2.68 bits per heavy atom. The van der Waals surface area contributed by atoms with Crippen LogP contribution in [-0.2, 0) is 0 Å².